The first-order chi connectivity index (χ1) is 23.1. The molecule has 4 heteroatoms. The first kappa shape index (κ1) is 31.2. The molecule has 3 heterocycles. The van der Waals surface area contributed by atoms with Crippen molar-refractivity contribution in [1.29, 1.82) is 0 Å². The van der Waals surface area contributed by atoms with Crippen molar-refractivity contribution in [2.24, 2.45) is 0 Å². The van der Waals surface area contributed by atoms with Crippen molar-refractivity contribution in [2.45, 2.75) is 13.8 Å². The third kappa shape index (κ3) is 5.93. The molecule has 9 rings (SSSR count). The van der Waals surface area contributed by atoms with Crippen molar-refractivity contribution >= 4 is 43.5 Å². The Morgan fingerprint density at radius 3 is 2.21 bits per heavy atom. The van der Waals surface area contributed by atoms with E-state index in [1.807, 2.05) is 54.7 Å². The normalized spacial score (nSPS) is 11.0. The van der Waals surface area contributed by atoms with Crippen LogP contribution in [0, 0.1) is 26.0 Å². The third-order valence-electron chi connectivity index (χ3n) is 8.64. The molecule has 0 unspecified atom stereocenters. The molecule has 0 saturated carbocycles. The molecule has 0 spiro atoms. The smallest absolute Gasteiger partial charge is 0.128 e. The number of benzene rings is 6. The SMILES string of the molecule is Cc1ccc2cc(-c3cc(-c4[c-]ccc5c4oc4c6ccccc6ccc54)ncc3C)ccc2c1.[Ir].[c-]1ccccc1-c1ccccn1. The fourth-order valence-corrected chi connectivity index (χ4v) is 6.24. The molecule has 0 aliphatic rings. The number of hydrogen-bond acceptors (Lipinski definition) is 3. The largest absolute Gasteiger partial charge is 0.500 e. The quantitative estimate of drug-likeness (QED) is 0.167. The zero-order valence-corrected chi connectivity index (χ0v) is 28.9. The number of aromatic nitrogens is 2. The Labute approximate surface area is 293 Å². The number of pyridine rings is 2. The van der Waals surface area contributed by atoms with E-state index < -0.39 is 0 Å². The van der Waals surface area contributed by atoms with Crippen molar-refractivity contribution in [3.05, 3.63) is 169 Å². The van der Waals surface area contributed by atoms with E-state index >= 15 is 0 Å². The van der Waals surface area contributed by atoms with Gasteiger partial charge in [0.25, 0.3) is 0 Å². The van der Waals surface area contributed by atoms with Gasteiger partial charge in [-0.1, -0.05) is 101 Å². The summed E-state index contributed by atoms with van der Waals surface area (Å²) < 4.78 is 6.52. The van der Waals surface area contributed by atoms with Gasteiger partial charge in [0.2, 0.25) is 0 Å². The minimum atomic E-state index is 0. The van der Waals surface area contributed by atoms with Crippen molar-refractivity contribution in [1.82, 2.24) is 9.97 Å². The molecule has 0 fully saturated rings. The molecule has 233 valence electrons. The molecule has 0 amide bonds. The van der Waals surface area contributed by atoms with Gasteiger partial charge < -0.3 is 14.4 Å². The van der Waals surface area contributed by atoms with Gasteiger partial charge in [0.05, 0.1) is 5.58 Å². The van der Waals surface area contributed by atoms with E-state index in [1.54, 1.807) is 6.20 Å². The van der Waals surface area contributed by atoms with Gasteiger partial charge in [0.1, 0.15) is 5.58 Å². The molecule has 0 N–H and O–H groups in total. The molecule has 3 aromatic heterocycles. The second-order valence-electron chi connectivity index (χ2n) is 11.8. The maximum atomic E-state index is 6.52. The summed E-state index contributed by atoms with van der Waals surface area (Å²) in [6.45, 7) is 4.24. The summed E-state index contributed by atoms with van der Waals surface area (Å²) >= 11 is 0. The molecule has 1 radical (unpaired) electrons. The van der Waals surface area contributed by atoms with Gasteiger partial charge in [-0.3, -0.25) is 0 Å². The Kier molecular flexibility index (Phi) is 8.69. The number of furan rings is 1. The van der Waals surface area contributed by atoms with Crippen LogP contribution in [0.1, 0.15) is 11.1 Å². The van der Waals surface area contributed by atoms with Crippen LogP contribution in [0.15, 0.2) is 150 Å². The first-order valence-corrected chi connectivity index (χ1v) is 15.7. The molecule has 0 aliphatic carbocycles. The van der Waals surface area contributed by atoms with E-state index in [0.717, 1.165) is 55.4 Å². The van der Waals surface area contributed by atoms with Gasteiger partial charge in [-0.15, -0.1) is 54.1 Å². The predicted octanol–water partition coefficient (Wildman–Crippen LogP) is 11.6. The summed E-state index contributed by atoms with van der Waals surface area (Å²) in [6, 6.07) is 52.4. The van der Waals surface area contributed by atoms with Gasteiger partial charge in [-0.25, -0.2) is 0 Å². The molecule has 0 aliphatic heterocycles. The predicted molar refractivity (Wildman–Crippen MR) is 194 cm³/mol. The number of fused-ring (bicyclic) bond motifs is 6. The van der Waals surface area contributed by atoms with Crippen LogP contribution in [0.4, 0.5) is 0 Å². The van der Waals surface area contributed by atoms with Crippen LogP contribution in [0.3, 0.4) is 0 Å². The number of nitrogens with zero attached hydrogens (tertiary/aromatic N) is 2. The molecule has 0 bridgehead atoms. The Hall–Kier alpha value is -5.41. The third-order valence-corrected chi connectivity index (χ3v) is 8.64. The molecule has 0 saturated heterocycles. The van der Waals surface area contributed by atoms with Gasteiger partial charge in [-0.05, 0) is 70.2 Å². The van der Waals surface area contributed by atoms with E-state index in [9.17, 15) is 0 Å². The number of rotatable bonds is 3. The maximum Gasteiger partial charge on any atom is 0.128 e. The molecule has 3 nitrogen and oxygen atoms in total. The van der Waals surface area contributed by atoms with Crippen molar-refractivity contribution in [3.63, 3.8) is 0 Å². The average Bonchev–Trinajstić information content (AvgIpc) is 3.52. The Morgan fingerprint density at radius 1 is 0.562 bits per heavy atom. The summed E-state index contributed by atoms with van der Waals surface area (Å²) in [6.07, 6.45) is 3.74. The summed E-state index contributed by atoms with van der Waals surface area (Å²) in [7, 11) is 0. The van der Waals surface area contributed by atoms with Crippen LogP contribution in [0.25, 0.3) is 77.1 Å². The second-order valence-corrected chi connectivity index (χ2v) is 11.8. The van der Waals surface area contributed by atoms with Crippen molar-refractivity contribution < 1.29 is 24.5 Å². The molecular weight excluding hydrogens is 765 g/mol. The summed E-state index contributed by atoms with van der Waals surface area (Å²) in [4.78, 5) is 9.02. The average molecular weight is 795 g/mol. The van der Waals surface area contributed by atoms with E-state index in [0.29, 0.717) is 0 Å². The number of aryl methyl sites for hydroxylation is 2. The Balaban J connectivity index is 0.000000237. The zero-order chi connectivity index (χ0) is 31.7. The topological polar surface area (TPSA) is 38.9 Å². The van der Waals surface area contributed by atoms with Crippen LogP contribution in [-0.4, -0.2) is 9.97 Å². The summed E-state index contributed by atoms with van der Waals surface area (Å²) in [5, 5.41) is 7.00. The summed E-state index contributed by atoms with van der Waals surface area (Å²) in [5.74, 6) is 0. The second kappa shape index (κ2) is 13.4. The van der Waals surface area contributed by atoms with Crippen LogP contribution in [0.5, 0.6) is 0 Å². The zero-order valence-electron chi connectivity index (χ0n) is 26.5. The monoisotopic (exact) mass is 795 g/mol. The van der Waals surface area contributed by atoms with Gasteiger partial charge in [0.15, 0.2) is 0 Å². The van der Waals surface area contributed by atoms with Crippen molar-refractivity contribution in [3.8, 4) is 33.6 Å². The fraction of sp³-hybridized carbons (Fsp3) is 0.0455. The van der Waals surface area contributed by atoms with Crippen LogP contribution in [0.2, 0.25) is 0 Å². The molecule has 9 aromatic rings. The van der Waals surface area contributed by atoms with Gasteiger partial charge in [-0.2, -0.15) is 0 Å². The minimum Gasteiger partial charge on any atom is -0.500 e. The van der Waals surface area contributed by atoms with Crippen LogP contribution >= 0.6 is 0 Å². The Morgan fingerprint density at radius 2 is 1.35 bits per heavy atom. The molecule has 48 heavy (non-hydrogen) atoms. The standard InChI is InChI=1S/C33H22NO.C11H8N.Ir/c1-20-10-11-24-17-25(13-12-23(24)16-20)30-18-31(34-19-21(30)2)29-9-5-8-27-28-15-14-22-6-3-4-7-26(22)32(28)35-33(27)29;1-2-6-10(7-3-1)11-8-4-5-9-12-11;/h3-8,10-19H,1-2H3;1-6,8-9H;/q2*-1;. The van der Waals surface area contributed by atoms with Crippen molar-refractivity contribution in [2.75, 3.05) is 0 Å². The Bertz CT molecular complexity index is 2500. The van der Waals surface area contributed by atoms with E-state index in [2.05, 4.69) is 116 Å². The fourth-order valence-electron chi connectivity index (χ4n) is 6.24. The van der Waals surface area contributed by atoms with Gasteiger partial charge in [0, 0.05) is 43.3 Å². The van der Waals surface area contributed by atoms with E-state index in [4.69, 9.17) is 9.40 Å². The van der Waals surface area contributed by atoms with E-state index in [1.165, 1.54) is 32.8 Å². The van der Waals surface area contributed by atoms with Crippen LogP contribution < -0.4 is 0 Å². The minimum absolute atomic E-state index is 0. The first-order valence-electron chi connectivity index (χ1n) is 15.7. The van der Waals surface area contributed by atoms with E-state index in [-0.39, 0.29) is 20.1 Å². The molecule has 0 atom stereocenters. The van der Waals surface area contributed by atoms with Gasteiger partial charge >= 0.3 is 0 Å². The number of hydrogen-bond donors (Lipinski definition) is 0. The summed E-state index contributed by atoms with van der Waals surface area (Å²) in [5.41, 5.74) is 10.3. The molecule has 6 aromatic carbocycles. The maximum absolute atomic E-state index is 6.52. The molecular formula is C44H30IrN2O-2. The van der Waals surface area contributed by atoms with Crippen LogP contribution in [-0.2, 0) is 20.1 Å².